The van der Waals surface area contributed by atoms with Gasteiger partial charge in [0.25, 0.3) is 5.91 Å². The molecule has 0 saturated carbocycles. The maximum Gasteiger partial charge on any atom is 0.272 e. The minimum atomic E-state index is -0.615. The molecule has 3 N–H and O–H groups in total. The Morgan fingerprint density at radius 3 is 2.76 bits per heavy atom. The number of amides is 2. The molecule has 3 heterocycles. The lowest BCUT2D eigenvalue weighted by molar-refractivity contribution is 0.0998. The van der Waals surface area contributed by atoms with Crippen molar-refractivity contribution in [2.45, 2.75) is 32.2 Å². The monoisotopic (exact) mass is 396 g/mol. The number of fused-ring (bicyclic) bond motifs is 1. The summed E-state index contributed by atoms with van der Waals surface area (Å²) < 4.78 is 18.0. The van der Waals surface area contributed by atoms with Crippen LogP contribution >= 0.6 is 0 Å². The Kier molecular flexibility index (Phi) is 4.87. The van der Waals surface area contributed by atoms with Crippen molar-refractivity contribution < 1.29 is 14.0 Å². The Morgan fingerprint density at radius 1 is 1.17 bits per heavy atom. The highest BCUT2D eigenvalue weighted by Gasteiger charge is 2.20. The van der Waals surface area contributed by atoms with Crippen LogP contribution in [0.4, 0.5) is 10.1 Å². The standard InChI is InChI=1S/C20H21FN6O2/c1-26-11-12(18(22)28)9-16(26)20(29)23-13-6-7-15(21)14(10-13)19-25-24-17-5-3-2-4-8-27(17)19/h6-7,9-11H,2-5,8H2,1H3,(H2,22,28)(H,23,29). The summed E-state index contributed by atoms with van der Waals surface area (Å²) in [6, 6.07) is 5.74. The van der Waals surface area contributed by atoms with E-state index in [-0.39, 0.29) is 16.8 Å². The molecule has 2 aromatic heterocycles. The zero-order valence-electron chi connectivity index (χ0n) is 16.0. The van der Waals surface area contributed by atoms with Crippen molar-refractivity contribution >= 4 is 17.5 Å². The molecule has 150 valence electrons. The summed E-state index contributed by atoms with van der Waals surface area (Å²) in [6.45, 7) is 0.743. The lowest BCUT2D eigenvalue weighted by Gasteiger charge is -2.11. The molecule has 1 aromatic carbocycles. The molecule has 0 atom stereocenters. The number of nitrogens with two attached hydrogens (primary N) is 1. The van der Waals surface area contributed by atoms with Crippen molar-refractivity contribution in [2.75, 3.05) is 5.32 Å². The number of carbonyl (C=O) groups excluding carboxylic acids is 2. The topological polar surface area (TPSA) is 108 Å². The van der Waals surface area contributed by atoms with Crippen LogP contribution in [0.25, 0.3) is 11.4 Å². The smallest absolute Gasteiger partial charge is 0.272 e. The summed E-state index contributed by atoms with van der Waals surface area (Å²) >= 11 is 0. The molecule has 0 aliphatic carbocycles. The number of hydrogen-bond acceptors (Lipinski definition) is 4. The van der Waals surface area contributed by atoms with Gasteiger partial charge in [-0.1, -0.05) is 6.42 Å². The number of rotatable bonds is 4. The quantitative estimate of drug-likeness (QED) is 0.706. The van der Waals surface area contributed by atoms with E-state index in [1.165, 1.54) is 29.0 Å². The number of anilines is 1. The Balaban J connectivity index is 1.64. The Bertz CT molecular complexity index is 1100. The average Bonchev–Trinajstić information content (AvgIpc) is 3.19. The number of aryl methyl sites for hydroxylation is 2. The first-order chi connectivity index (χ1) is 13.9. The normalized spacial score (nSPS) is 13.6. The molecular formula is C20H21FN6O2. The summed E-state index contributed by atoms with van der Waals surface area (Å²) in [7, 11) is 1.64. The molecule has 1 aliphatic heterocycles. The third kappa shape index (κ3) is 3.63. The number of aromatic nitrogens is 4. The average molecular weight is 396 g/mol. The van der Waals surface area contributed by atoms with Gasteiger partial charge in [0.2, 0.25) is 5.91 Å². The van der Waals surface area contributed by atoms with Crippen LogP contribution in [0.5, 0.6) is 0 Å². The lowest BCUT2D eigenvalue weighted by atomic mass is 10.1. The highest BCUT2D eigenvalue weighted by atomic mass is 19.1. The Morgan fingerprint density at radius 2 is 2.00 bits per heavy atom. The zero-order valence-corrected chi connectivity index (χ0v) is 16.0. The van der Waals surface area contributed by atoms with E-state index in [2.05, 4.69) is 15.5 Å². The number of primary amides is 1. The zero-order chi connectivity index (χ0) is 20.5. The summed E-state index contributed by atoms with van der Waals surface area (Å²) in [5, 5.41) is 11.1. The van der Waals surface area contributed by atoms with E-state index < -0.39 is 17.6 Å². The molecule has 0 fully saturated rings. The first-order valence-corrected chi connectivity index (χ1v) is 9.43. The number of nitrogens with one attached hydrogen (secondary N) is 1. The molecule has 29 heavy (non-hydrogen) atoms. The predicted molar refractivity (Wildman–Crippen MR) is 105 cm³/mol. The number of nitrogens with zero attached hydrogens (tertiary/aromatic N) is 4. The van der Waals surface area contributed by atoms with Gasteiger partial charge in [0.1, 0.15) is 17.3 Å². The van der Waals surface area contributed by atoms with E-state index in [1.807, 2.05) is 4.57 Å². The molecule has 0 radical (unpaired) electrons. The van der Waals surface area contributed by atoms with Gasteiger partial charge in [-0.05, 0) is 37.1 Å². The maximum atomic E-state index is 14.6. The summed E-state index contributed by atoms with van der Waals surface area (Å²) in [5.41, 5.74) is 6.47. The highest BCUT2D eigenvalue weighted by Crippen LogP contribution is 2.27. The van der Waals surface area contributed by atoms with Gasteiger partial charge in [0.05, 0.1) is 11.1 Å². The van der Waals surface area contributed by atoms with E-state index in [9.17, 15) is 14.0 Å². The number of halogens is 1. The van der Waals surface area contributed by atoms with Crippen LogP contribution in [0.2, 0.25) is 0 Å². The summed E-state index contributed by atoms with van der Waals surface area (Å²) in [5.74, 6) is -0.161. The summed E-state index contributed by atoms with van der Waals surface area (Å²) in [4.78, 5) is 23.9. The van der Waals surface area contributed by atoms with E-state index in [0.29, 0.717) is 11.5 Å². The first kappa shape index (κ1) is 18.9. The molecule has 2 amide bonds. The van der Waals surface area contributed by atoms with Crippen molar-refractivity contribution in [3.63, 3.8) is 0 Å². The molecule has 9 heteroatoms. The molecule has 3 aromatic rings. The molecular weight excluding hydrogens is 375 g/mol. The van der Waals surface area contributed by atoms with Crippen molar-refractivity contribution in [3.05, 3.63) is 53.4 Å². The Labute approximate surface area is 166 Å². The van der Waals surface area contributed by atoms with Crippen LogP contribution in [-0.4, -0.2) is 31.1 Å². The first-order valence-electron chi connectivity index (χ1n) is 9.43. The largest absolute Gasteiger partial charge is 0.366 e. The minimum Gasteiger partial charge on any atom is -0.366 e. The fourth-order valence-corrected chi connectivity index (χ4v) is 3.58. The fraction of sp³-hybridized carbons (Fsp3) is 0.300. The van der Waals surface area contributed by atoms with Crippen LogP contribution in [0.1, 0.15) is 45.9 Å². The number of benzene rings is 1. The van der Waals surface area contributed by atoms with E-state index in [1.54, 1.807) is 13.1 Å². The van der Waals surface area contributed by atoms with Crippen LogP contribution in [0.3, 0.4) is 0 Å². The second-order valence-corrected chi connectivity index (χ2v) is 7.14. The summed E-state index contributed by atoms with van der Waals surface area (Å²) in [6.07, 6.45) is 5.44. The van der Waals surface area contributed by atoms with Crippen molar-refractivity contribution in [2.24, 2.45) is 12.8 Å². The SMILES string of the molecule is Cn1cc(C(N)=O)cc1C(=O)Nc1ccc(F)c(-c2nnc3n2CCCCC3)c1. The van der Waals surface area contributed by atoms with Crippen LogP contribution in [0, 0.1) is 5.82 Å². The highest BCUT2D eigenvalue weighted by molar-refractivity contribution is 6.05. The van der Waals surface area contributed by atoms with Crippen molar-refractivity contribution in [1.82, 2.24) is 19.3 Å². The third-order valence-corrected chi connectivity index (χ3v) is 5.10. The minimum absolute atomic E-state index is 0.239. The van der Waals surface area contributed by atoms with Gasteiger partial charge < -0.3 is 20.2 Å². The van der Waals surface area contributed by atoms with Crippen molar-refractivity contribution in [1.29, 1.82) is 0 Å². The molecule has 8 nitrogen and oxygen atoms in total. The number of carbonyl (C=O) groups is 2. The molecule has 0 bridgehead atoms. The van der Waals surface area contributed by atoms with Crippen LogP contribution in [-0.2, 0) is 20.0 Å². The molecule has 4 rings (SSSR count). The molecule has 0 spiro atoms. The molecule has 0 saturated heterocycles. The second-order valence-electron chi connectivity index (χ2n) is 7.14. The van der Waals surface area contributed by atoms with Crippen LogP contribution in [0.15, 0.2) is 30.5 Å². The van der Waals surface area contributed by atoms with Gasteiger partial charge in [-0.25, -0.2) is 4.39 Å². The molecule has 0 unspecified atom stereocenters. The van der Waals surface area contributed by atoms with Gasteiger partial charge in [-0.3, -0.25) is 9.59 Å². The van der Waals surface area contributed by atoms with Crippen molar-refractivity contribution in [3.8, 4) is 11.4 Å². The maximum absolute atomic E-state index is 14.6. The van der Waals surface area contributed by atoms with Gasteiger partial charge in [0.15, 0.2) is 5.82 Å². The van der Waals surface area contributed by atoms with E-state index in [4.69, 9.17) is 5.73 Å². The molecule has 1 aliphatic rings. The van der Waals surface area contributed by atoms with E-state index in [0.717, 1.165) is 38.1 Å². The van der Waals surface area contributed by atoms with Gasteiger partial charge >= 0.3 is 0 Å². The fourth-order valence-electron chi connectivity index (χ4n) is 3.58. The lowest BCUT2D eigenvalue weighted by Crippen LogP contribution is -2.15. The second kappa shape index (κ2) is 7.50. The van der Waals surface area contributed by atoms with Crippen LogP contribution < -0.4 is 11.1 Å². The Hall–Kier alpha value is -3.49. The third-order valence-electron chi connectivity index (χ3n) is 5.10. The van der Waals surface area contributed by atoms with E-state index >= 15 is 0 Å². The number of hydrogen-bond donors (Lipinski definition) is 2. The van der Waals surface area contributed by atoms with Gasteiger partial charge in [0, 0.05) is 31.9 Å². The van der Waals surface area contributed by atoms with Gasteiger partial charge in [-0.2, -0.15) is 0 Å². The predicted octanol–water partition coefficient (Wildman–Crippen LogP) is 2.50. The van der Waals surface area contributed by atoms with Gasteiger partial charge in [-0.15, -0.1) is 10.2 Å².